The average Bonchev–Trinajstić information content (AvgIpc) is 3.23. The van der Waals surface area contributed by atoms with E-state index < -0.39 is 37.5 Å². The van der Waals surface area contributed by atoms with Gasteiger partial charge in [-0.2, -0.15) is 4.98 Å². The Hall–Kier alpha value is -3.74. The first-order chi connectivity index (χ1) is 16.8. The minimum absolute atomic E-state index is 0.0165. The van der Waals surface area contributed by atoms with Crippen LogP contribution in [0.5, 0.6) is 5.88 Å². The van der Waals surface area contributed by atoms with Crippen molar-refractivity contribution in [3.8, 4) is 5.88 Å². The number of aryl methyl sites for hydroxylation is 1. The second-order valence-corrected chi connectivity index (χ2v) is 11.6. The Morgan fingerprint density at radius 3 is 2.61 bits per heavy atom. The standard InChI is InChI=1S/C23H24F2N6O4S/c1-13-29-20(35-31-13)11-34-19-10-27-18(9-28-19)17(25)8-14-5-6-16(24)15(7-14)23(4)12-36(32,33)22(2,3)21(26)30-23/h5-10H,11-12H2,1-4H3,(H2,26,30). The summed E-state index contributed by atoms with van der Waals surface area (Å²) in [6, 6.07) is 3.82. The molecule has 0 fully saturated rings. The van der Waals surface area contributed by atoms with Crippen LogP contribution < -0.4 is 10.5 Å². The molecule has 190 valence electrons. The average molecular weight is 519 g/mol. The Balaban J connectivity index is 1.57. The second kappa shape index (κ2) is 9.04. The van der Waals surface area contributed by atoms with Crippen LogP contribution in [0.3, 0.4) is 0 Å². The van der Waals surface area contributed by atoms with Crippen molar-refractivity contribution >= 4 is 27.6 Å². The fraction of sp³-hybridized carbons (Fsp3) is 0.348. The largest absolute Gasteiger partial charge is 0.466 e. The lowest BCUT2D eigenvalue weighted by Crippen LogP contribution is -2.55. The van der Waals surface area contributed by atoms with Crippen LogP contribution in [0, 0.1) is 12.7 Å². The summed E-state index contributed by atoms with van der Waals surface area (Å²) in [4.78, 5) is 16.3. The smallest absolute Gasteiger partial charge is 0.264 e. The molecule has 0 aliphatic carbocycles. The number of hydrogen-bond acceptors (Lipinski definition) is 10. The molecule has 4 rings (SSSR count). The predicted molar refractivity (Wildman–Crippen MR) is 128 cm³/mol. The number of benzene rings is 1. The van der Waals surface area contributed by atoms with Crippen LogP contribution in [0.2, 0.25) is 0 Å². The lowest BCUT2D eigenvalue weighted by molar-refractivity contribution is 0.234. The third kappa shape index (κ3) is 4.83. The van der Waals surface area contributed by atoms with Gasteiger partial charge in [0.25, 0.3) is 5.89 Å². The molecule has 36 heavy (non-hydrogen) atoms. The number of halogens is 2. The molecule has 1 atom stereocenters. The van der Waals surface area contributed by atoms with Gasteiger partial charge >= 0.3 is 0 Å². The number of hydrogen-bond donors (Lipinski definition) is 1. The van der Waals surface area contributed by atoms with Gasteiger partial charge in [-0.1, -0.05) is 11.2 Å². The highest BCUT2D eigenvalue weighted by Gasteiger charge is 2.49. The Morgan fingerprint density at radius 1 is 1.25 bits per heavy atom. The van der Waals surface area contributed by atoms with E-state index in [0.717, 1.165) is 12.1 Å². The maximum Gasteiger partial charge on any atom is 0.264 e. The van der Waals surface area contributed by atoms with Crippen LogP contribution in [0.4, 0.5) is 8.78 Å². The molecule has 1 aliphatic rings. The van der Waals surface area contributed by atoms with Crippen molar-refractivity contribution in [3.05, 3.63) is 64.9 Å². The summed E-state index contributed by atoms with van der Waals surface area (Å²) >= 11 is 0. The van der Waals surface area contributed by atoms with Crippen LogP contribution in [0.25, 0.3) is 11.9 Å². The van der Waals surface area contributed by atoms with Crippen molar-refractivity contribution in [1.29, 1.82) is 0 Å². The van der Waals surface area contributed by atoms with E-state index in [1.807, 2.05) is 0 Å². The molecule has 1 aromatic carbocycles. The zero-order chi connectivity index (χ0) is 26.3. The molecule has 13 heteroatoms. The van der Waals surface area contributed by atoms with Gasteiger partial charge < -0.3 is 15.0 Å². The topological polar surface area (TPSA) is 146 Å². The molecule has 0 bridgehead atoms. The Bertz CT molecular complexity index is 1470. The van der Waals surface area contributed by atoms with Crippen molar-refractivity contribution in [2.45, 2.75) is 44.6 Å². The molecule has 3 heterocycles. The quantitative estimate of drug-likeness (QED) is 0.520. The Labute approximate surface area is 206 Å². The molecule has 2 aromatic heterocycles. The number of nitrogens with two attached hydrogens (primary N) is 1. The first-order valence-electron chi connectivity index (χ1n) is 10.8. The summed E-state index contributed by atoms with van der Waals surface area (Å²) in [5.41, 5.74) is 4.65. The fourth-order valence-electron chi connectivity index (χ4n) is 3.59. The van der Waals surface area contributed by atoms with Crippen LogP contribution in [-0.4, -0.2) is 44.9 Å². The van der Waals surface area contributed by atoms with E-state index in [1.165, 1.54) is 45.3 Å². The molecule has 0 radical (unpaired) electrons. The molecule has 0 saturated heterocycles. The number of sulfone groups is 1. The van der Waals surface area contributed by atoms with E-state index in [1.54, 1.807) is 6.92 Å². The van der Waals surface area contributed by atoms with Crippen LogP contribution in [0.1, 0.15) is 49.3 Å². The van der Waals surface area contributed by atoms with Crippen LogP contribution >= 0.6 is 0 Å². The summed E-state index contributed by atoms with van der Waals surface area (Å²) in [7, 11) is -3.74. The van der Waals surface area contributed by atoms with Gasteiger partial charge in [0.1, 0.15) is 27.6 Å². The number of aliphatic imine (C=N–C) groups is 1. The molecular formula is C23H24F2N6O4S. The highest BCUT2D eigenvalue weighted by Crippen LogP contribution is 2.38. The summed E-state index contributed by atoms with van der Waals surface area (Å²) < 4.78 is 64.3. The molecule has 0 spiro atoms. The van der Waals surface area contributed by atoms with Crippen molar-refractivity contribution in [2.24, 2.45) is 10.7 Å². The number of aromatic nitrogens is 4. The van der Waals surface area contributed by atoms with Crippen molar-refractivity contribution < 1.29 is 26.5 Å². The van der Waals surface area contributed by atoms with E-state index in [4.69, 9.17) is 15.0 Å². The molecule has 10 nitrogen and oxygen atoms in total. The normalized spacial score (nSPS) is 21.2. The van der Waals surface area contributed by atoms with E-state index in [2.05, 4.69) is 25.1 Å². The SMILES string of the molecule is Cc1noc(COc2cnc(C(F)=Cc3ccc(F)c(C4(C)CS(=O)(=O)C(C)(C)C(N)=N4)c3)cn2)n1. The number of nitrogens with zero attached hydrogens (tertiary/aromatic N) is 5. The second-order valence-electron chi connectivity index (χ2n) is 9.04. The van der Waals surface area contributed by atoms with Crippen molar-refractivity contribution in [2.75, 3.05) is 5.75 Å². The van der Waals surface area contributed by atoms with Crippen molar-refractivity contribution in [1.82, 2.24) is 20.1 Å². The minimum atomic E-state index is -3.74. The number of rotatable bonds is 6. The lowest BCUT2D eigenvalue weighted by atomic mass is 9.91. The third-order valence-corrected chi connectivity index (χ3v) is 8.59. The van der Waals surface area contributed by atoms with Gasteiger partial charge in [0.2, 0.25) is 5.88 Å². The summed E-state index contributed by atoms with van der Waals surface area (Å²) in [5.74, 6) is -1.15. The molecular weight excluding hydrogens is 494 g/mol. The van der Waals surface area contributed by atoms with E-state index in [-0.39, 0.29) is 41.0 Å². The minimum Gasteiger partial charge on any atom is -0.466 e. The highest BCUT2D eigenvalue weighted by atomic mass is 32.2. The maximum atomic E-state index is 14.9. The number of ether oxygens (including phenoxy) is 1. The fourth-order valence-corrected chi connectivity index (χ4v) is 5.28. The highest BCUT2D eigenvalue weighted by molar-refractivity contribution is 7.93. The van der Waals surface area contributed by atoms with Crippen LogP contribution in [0.15, 0.2) is 40.1 Å². The Kier molecular flexibility index (Phi) is 6.37. The lowest BCUT2D eigenvalue weighted by Gasteiger charge is -2.38. The van der Waals surface area contributed by atoms with Crippen molar-refractivity contribution in [3.63, 3.8) is 0 Å². The first kappa shape index (κ1) is 25.4. The van der Waals surface area contributed by atoms with Gasteiger partial charge in [0, 0.05) is 5.56 Å². The van der Waals surface area contributed by atoms with E-state index >= 15 is 0 Å². The first-order valence-corrected chi connectivity index (χ1v) is 12.5. The Morgan fingerprint density at radius 2 is 2.00 bits per heavy atom. The monoisotopic (exact) mass is 518 g/mol. The third-order valence-electron chi connectivity index (χ3n) is 5.88. The number of amidine groups is 1. The summed E-state index contributed by atoms with van der Waals surface area (Å²) in [6.07, 6.45) is 3.54. The zero-order valence-corrected chi connectivity index (χ0v) is 20.8. The van der Waals surface area contributed by atoms with E-state index in [0.29, 0.717) is 5.82 Å². The summed E-state index contributed by atoms with van der Waals surface area (Å²) in [5, 5.41) is 3.64. The molecule has 0 saturated carbocycles. The molecule has 1 unspecified atom stereocenters. The van der Waals surface area contributed by atoms with Gasteiger partial charge in [-0.3, -0.25) is 4.99 Å². The van der Waals surface area contributed by atoms with Gasteiger partial charge in [0.05, 0.1) is 18.1 Å². The molecule has 1 aliphatic heterocycles. The van der Waals surface area contributed by atoms with Gasteiger partial charge in [-0.25, -0.2) is 27.2 Å². The zero-order valence-electron chi connectivity index (χ0n) is 20.0. The predicted octanol–water partition coefficient (Wildman–Crippen LogP) is 3.13. The van der Waals surface area contributed by atoms with E-state index in [9.17, 15) is 17.2 Å². The molecule has 3 aromatic rings. The summed E-state index contributed by atoms with van der Waals surface area (Å²) in [6.45, 7) is 6.03. The maximum absolute atomic E-state index is 14.9. The van der Waals surface area contributed by atoms with Gasteiger partial charge in [0.15, 0.2) is 28.1 Å². The van der Waals surface area contributed by atoms with Gasteiger partial charge in [-0.15, -0.1) is 0 Å². The van der Waals surface area contributed by atoms with Gasteiger partial charge in [-0.05, 0) is 51.5 Å². The van der Waals surface area contributed by atoms with Crippen LogP contribution in [-0.2, 0) is 22.0 Å². The molecule has 2 N–H and O–H groups in total. The molecule has 0 amide bonds.